The first-order chi connectivity index (χ1) is 6.16. The van der Waals surface area contributed by atoms with E-state index < -0.39 is 0 Å². The zero-order chi connectivity index (χ0) is 10.1. The van der Waals surface area contributed by atoms with Crippen LogP contribution in [-0.2, 0) is 0 Å². The summed E-state index contributed by atoms with van der Waals surface area (Å²) in [5.41, 5.74) is 1.48. The number of allylic oxidation sites excluding steroid dienone is 2. The van der Waals surface area contributed by atoms with Crippen LogP contribution >= 0.6 is 0 Å². The molecular formula is C12H24O. The number of aliphatic hydroxyl groups excluding tert-OH is 1. The van der Waals surface area contributed by atoms with Gasteiger partial charge in [-0.25, -0.2) is 0 Å². The smallest absolute Gasteiger partial charge is 0.0433 e. The molecule has 1 nitrogen and oxygen atoms in total. The average molecular weight is 184 g/mol. The summed E-state index contributed by atoms with van der Waals surface area (Å²) < 4.78 is 0. The van der Waals surface area contributed by atoms with E-state index in [-0.39, 0.29) is 0 Å². The third kappa shape index (κ3) is 9.62. The lowest BCUT2D eigenvalue weighted by atomic mass is 10.0. The Morgan fingerprint density at radius 2 is 2.00 bits per heavy atom. The molecule has 0 aromatic carbocycles. The van der Waals surface area contributed by atoms with Crippen molar-refractivity contribution < 1.29 is 5.11 Å². The normalized spacial score (nSPS) is 12.5. The van der Waals surface area contributed by atoms with Crippen molar-refractivity contribution in [3.05, 3.63) is 11.6 Å². The molecule has 0 atom stereocenters. The molecule has 0 unspecified atom stereocenters. The van der Waals surface area contributed by atoms with Crippen molar-refractivity contribution in [1.29, 1.82) is 0 Å². The van der Waals surface area contributed by atoms with Crippen molar-refractivity contribution in [2.24, 2.45) is 5.92 Å². The first kappa shape index (κ1) is 12.7. The van der Waals surface area contributed by atoms with Gasteiger partial charge in [0.05, 0.1) is 0 Å². The minimum atomic E-state index is 0.315. The lowest BCUT2D eigenvalue weighted by Gasteiger charge is -2.04. The number of rotatable bonds is 7. The summed E-state index contributed by atoms with van der Waals surface area (Å²) in [6, 6.07) is 0. The van der Waals surface area contributed by atoms with E-state index in [1.165, 1.54) is 24.8 Å². The third-order valence-corrected chi connectivity index (χ3v) is 2.21. The fourth-order valence-electron chi connectivity index (χ4n) is 1.33. The van der Waals surface area contributed by atoms with Gasteiger partial charge in [0.2, 0.25) is 0 Å². The minimum absolute atomic E-state index is 0.315. The second kappa shape index (κ2) is 8.31. The zero-order valence-electron chi connectivity index (χ0n) is 9.34. The first-order valence-corrected chi connectivity index (χ1v) is 5.43. The van der Waals surface area contributed by atoms with E-state index in [0.29, 0.717) is 6.61 Å². The standard InChI is InChI=1S/C12H24O/c1-11(2)7-6-9-12(3)8-4-5-10-13/h8,11,13H,4-7,9-10H2,1-3H3/b12-8+. The van der Waals surface area contributed by atoms with Crippen LogP contribution in [0.3, 0.4) is 0 Å². The summed E-state index contributed by atoms with van der Waals surface area (Å²) >= 11 is 0. The van der Waals surface area contributed by atoms with Crippen molar-refractivity contribution in [2.45, 2.75) is 52.9 Å². The molecule has 0 aliphatic rings. The van der Waals surface area contributed by atoms with Gasteiger partial charge in [0, 0.05) is 6.61 Å². The van der Waals surface area contributed by atoms with Crippen LogP contribution in [0.25, 0.3) is 0 Å². The monoisotopic (exact) mass is 184 g/mol. The predicted octanol–water partition coefficient (Wildman–Crippen LogP) is 3.53. The second-order valence-electron chi connectivity index (χ2n) is 4.20. The quantitative estimate of drug-likeness (QED) is 0.474. The van der Waals surface area contributed by atoms with Gasteiger partial charge >= 0.3 is 0 Å². The molecule has 0 spiro atoms. The SMILES string of the molecule is C/C(=C\CCCO)CCCC(C)C. The molecule has 0 aliphatic carbocycles. The highest BCUT2D eigenvalue weighted by Gasteiger charge is 1.94. The molecule has 0 saturated heterocycles. The van der Waals surface area contributed by atoms with Gasteiger partial charge in [0.15, 0.2) is 0 Å². The Labute approximate surface area is 82.9 Å². The van der Waals surface area contributed by atoms with Crippen LogP contribution in [0.1, 0.15) is 52.9 Å². The number of aliphatic hydroxyl groups is 1. The zero-order valence-corrected chi connectivity index (χ0v) is 9.34. The predicted molar refractivity (Wildman–Crippen MR) is 58.8 cm³/mol. The molecule has 0 aromatic rings. The van der Waals surface area contributed by atoms with E-state index in [1.54, 1.807) is 0 Å². The number of hydrogen-bond acceptors (Lipinski definition) is 1. The molecule has 0 bridgehead atoms. The third-order valence-electron chi connectivity index (χ3n) is 2.21. The van der Waals surface area contributed by atoms with Crippen LogP contribution in [0.4, 0.5) is 0 Å². The van der Waals surface area contributed by atoms with Crippen LogP contribution in [0.5, 0.6) is 0 Å². The molecule has 0 heterocycles. The molecule has 1 N–H and O–H groups in total. The van der Waals surface area contributed by atoms with E-state index in [1.807, 2.05) is 0 Å². The van der Waals surface area contributed by atoms with E-state index in [2.05, 4.69) is 26.8 Å². The highest BCUT2D eigenvalue weighted by molar-refractivity contribution is 4.97. The summed E-state index contributed by atoms with van der Waals surface area (Å²) in [5.74, 6) is 0.824. The van der Waals surface area contributed by atoms with Crippen molar-refractivity contribution in [2.75, 3.05) is 6.61 Å². The Morgan fingerprint density at radius 1 is 1.31 bits per heavy atom. The van der Waals surface area contributed by atoms with Crippen molar-refractivity contribution in [3.8, 4) is 0 Å². The molecule has 1 heteroatoms. The lowest BCUT2D eigenvalue weighted by Crippen LogP contribution is -1.88. The number of unbranched alkanes of at least 4 members (excludes halogenated alkanes) is 1. The fourth-order valence-corrected chi connectivity index (χ4v) is 1.33. The van der Waals surface area contributed by atoms with E-state index in [4.69, 9.17) is 5.11 Å². The minimum Gasteiger partial charge on any atom is -0.396 e. The van der Waals surface area contributed by atoms with Gasteiger partial charge in [-0.15, -0.1) is 0 Å². The summed E-state index contributed by atoms with van der Waals surface area (Å²) in [6.07, 6.45) is 8.05. The highest BCUT2D eigenvalue weighted by atomic mass is 16.2. The molecular weight excluding hydrogens is 160 g/mol. The molecule has 0 rings (SSSR count). The molecule has 0 aromatic heterocycles. The molecule has 0 radical (unpaired) electrons. The average Bonchev–Trinajstić information content (AvgIpc) is 2.04. The summed E-state index contributed by atoms with van der Waals surface area (Å²) in [6.45, 7) is 7.04. The maximum absolute atomic E-state index is 8.60. The largest absolute Gasteiger partial charge is 0.396 e. The summed E-state index contributed by atoms with van der Waals surface area (Å²) in [4.78, 5) is 0. The van der Waals surface area contributed by atoms with E-state index in [0.717, 1.165) is 18.8 Å². The lowest BCUT2D eigenvalue weighted by molar-refractivity contribution is 0.289. The van der Waals surface area contributed by atoms with Gasteiger partial charge in [-0.2, -0.15) is 0 Å². The molecule has 78 valence electrons. The maximum atomic E-state index is 8.60. The second-order valence-corrected chi connectivity index (χ2v) is 4.20. The van der Waals surface area contributed by atoms with Gasteiger partial charge in [-0.05, 0) is 38.5 Å². The van der Waals surface area contributed by atoms with Crippen molar-refractivity contribution in [3.63, 3.8) is 0 Å². The Hall–Kier alpha value is -0.300. The van der Waals surface area contributed by atoms with Crippen LogP contribution in [0.2, 0.25) is 0 Å². The van der Waals surface area contributed by atoms with Gasteiger partial charge < -0.3 is 5.11 Å². The van der Waals surface area contributed by atoms with Gasteiger partial charge in [-0.1, -0.05) is 31.9 Å². The molecule has 0 aliphatic heterocycles. The Kier molecular flexibility index (Phi) is 8.11. The summed E-state index contributed by atoms with van der Waals surface area (Å²) in [5, 5.41) is 8.60. The topological polar surface area (TPSA) is 20.2 Å². The van der Waals surface area contributed by atoms with Crippen molar-refractivity contribution in [1.82, 2.24) is 0 Å². The molecule has 13 heavy (non-hydrogen) atoms. The number of hydrogen-bond donors (Lipinski definition) is 1. The van der Waals surface area contributed by atoms with Crippen molar-refractivity contribution >= 4 is 0 Å². The molecule has 0 saturated carbocycles. The highest BCUT2D eigenvalue weighted by Crippen LogP contribution is 2.12. The van der Waals surface area contributed by atoms with E-state index >= 15 is 0 Å². The Morgan fingerprint density at radius 3 is 2.54 bits per heavy atom. The Bertz CT molecular complexity index is 136. The van der Waals surface area contributed by atoms with Gasteiger partial charge in [0.1, 0.15) is 0 Å². The molecule has 0 amide bonds. The van der Waals surface area contributed by atoms with Gasteiger partial charge in [0.25, 0.3) is 0 Å². The van der Waals surface area contributed by atoms with Gasteiger partial charge in [-0.3, -0.25) is 0 Å². The Balaban J connectivity index is 3.38. The summed E-state index contributed by atoms with van der Waals surface area (Å²) in [7, 11) is 0. The van der Waals surface area contributed by atoms with Crippen LogP contribution in [-0.4, -0.2) is 11.7 Å². The molecule has 0 fully saturated rings. The maximum Gasteiger partial charge on any atom is 0.0433 e. The first-order valence-electron chi connectivity index (χ1n) is 5.43. The fraction of sp³-hybridized carbons (Fsp3) is 0.833. The van der Waals surface area contributed by atoms with Crippen LogP contribution < -0.4 is 0 Å². The van der Waals surface area contributed by atoms with Crippen LogP contribution in [0, 0.1) is 5.92 Å². The van der Waals surface area contributed by atoms with Crippen LogP contribution in [0.15, 0.2) is 11.6 Å². The van der Waals surface area contributed by atoms with E-state index in [9.17, 15) is 0 Å².